The molecule has 0 N–H and O–H groups in total. The summed E-state index contributed by atoms with van der Waals surface area (Å²) in [4.78, 5) is 21.1. The summed E-state index contributed by atoms with van der Waals surface area (Å²) in [6, 6.07) is 15.2. The van der Waals surface area contributed by atoms with Crippen LogP contribution >= 0.6 is 11.6 Å². The quantitative estimate of drug-likeness (QED) is 0.522. The van der Waals surface area contributed by atoms with Crippen molar-refractivity contribution < 1.29 is 0 Å². The molecule has 130 valence electrons. The molecule has 0 fully saturated rings. The summed E-state index contributed by atoms with van der Waals surface area (Å²) >= 11 is 5.86. The largest absolute Gasteiger partial charge is 0.310 e. The predicted octanol–water partition coefficient (Wildman–Crippen LogP) is 2.89. The zero-order valence-electron chi connectivity index (χ0n) is 14.1. The van der Waals surface area contributed by atoms with Gasteiger partial charge in [0, 0.05) is 24.4 Å². The monoisotopic (exact) mass is 365 g/mol. The van der Waals surface area contributed by atoms with Gasteiger partial charge in [0.2, 0.25) is 5.78 Å². The Bertz CT molecular complexity index is 1120. The Kier molecular flexibility index (Phi) is 4.26. The summed E-state index contributed by atoms with van der Waals surface area (Å²) in [5, 5.41) is 4.85. The summed E-state index contributed by atoms with van der Waals surface area (Å²) in [6.45, 7) is 2.42. The lowest BCUT2D eigenvalue weighted by molar-refractivity contribution is 0.728. The van der Waals surface area contributed by atoms with E-state index in [4.69, 9.17) is 11.6 Å². The maximum Gasteiger partial charge on any atom is 0.275 e. The van der Waals surface area contributed by atoms with Gasteiger partial charge in [0.25, 0.3) is 5.56 Å². The van der Waals surface area contributed by atoms with Crippen LogP contribution in [-0.4, -0.2) is 24.1 Å². The van der Waals surface area contributed by atoms with E-state index in [-0.39, 0.29) is 5.56 Å². The van der Waals surface area contributed by atoms with Gasteiger partial charge in [0.05, 0.1) is 6.54 Å². The van der Waals surface area contributed by atoms with Crippen LogP contribution in [0.5, 0.6) is 0 Å². The van der Waals surface area contributed by atoms with E-state index in [1.807, 2.05) is 47.9 Å². The van der Waals surface area contributed by atoms with Gasteiger partial charge in [-0.1, -0.05) is 48.0 Å². The highest BCUT2D eigenvalue weighted by Crippen LogP contribution is 2.12. The molecule has 0 unspecified atom stereocenters. The Morgan fingerprint density at radius 1 is 1.08 bits per heavy atom. The average Bonchev–Trinajstić information content (AvgIpc) is 3.05. The predicted molar refractivity (Wildman–Crippen MR) is 99.6 cm³/mol. The first-order chi connectivity index (χ1) is 12.6. The van der Waals surface area contributed by atoms with Crippen LogP contribution in [0, 0.1) is 6.92 Å². The van der Waals surface area contributed by atoms with Gasteiger partial charge in [-0.25, -0.2) is 4.98 Å². The lowest BCUT2D eigenvalue weighted by Gasteiger charge is -2.11. The van der Waals surface area contributed by atoms with Crippen molar-refractivity contribution in [3.8, 4) is 0 Å². The number of aryl methyl sites for hydroxylation is 1. The standard InChI is InChI=1S/C19H16ClN5O/c1-13-9-18(26)25-19(24(13)12-15-7-8-16(20)21-11-15)22-17(23-25)10-14-5-3-2-4-6-14/h2-9,11H,10,12H2,1H3. The Balaban J connectivity index is 1.77. The Labute approximate surface area is 154 Å². The molecule has 26 heavy (non-hydrogen) atoms. The summed E-state index contributed by atoms with van der Waals surface area (Å²) in [5.41, 5.74) is 2.70. The molecule has 0 aliphatic rings. The molecule has 4 aromatic rings. The van der Waals surface area contributed by atoms with Gasteiger partial charge < -0.3 is 4.57 Å². The Hall–Kier alpha value is -2.99. The third-order valence-corrected chi connectivity index (χ3v) is 4.40. The molecule has 3 heterocycles. The van der Waals surface area contributed by atoms with Gasteiger partial charge in [-0.2, -0.15) is 9.50 Å². The van der Waals surface area contributed by atoms with E-state index in [9.17, 15) is 4.79 Å². The molecule has 0 aliphatic heterocycles. The van der Waals surface area contributed by atoms with Crippen LogP contribution in [0.2, 0.25) is 5.15 Å². The fourth-order valence-corrected chi connectivity index (χ4v) is 2.99. The Morgan fingerprint density at radius 2 is 1.88 bits per heavy atom. The lowest BCUT2D eigenvalue weighted by Crippen LogP contribution is -2.20. The third-order valence-electron chi connectivity index (χ3n) is 4.18. The normalized spacial score (nSPS) is 11.2. The number of aromatic nitrogens is 5. The van der Waals surface area contributed by atoms with Gasteiger partial charge in [0.1, 0.15) is 5.15 Å². The number of pyridine rings is 1. The summed E-state index contributed by atoms with van der Waals surface area (Å²) < 4.78 is 3.31. The van der Waals surface area contributed by atoms with Crippen molar-refractivity contribution in [3.05, 3.63) is 92.9 Å². The van der Waals surface area contributed by atoms with E-state index < -0.39 is 0 Å². The fourth-order valence-electron chi connectivity index (χ4n) is 2.87. The van der Waals surface area contributed by atoms with Crippen molar-refractivity contribution in [3.63, 3.8) is 0 Å². The van der Waals surface area contributed by atoms with Crippen LogP contribution in [0.4, 0.5) is 0 Å². The molecule has 7 heteroatoms. The van der Waals surface area contributed by atoms with E-state index in [0.29, 0.717) is 29.7 Å². The molecular formula is C19H16ClN5O. The van der Waals surface area contributed by atoms with Crippen LogP contribution in [0.25, 0.3) is 5.78 Å². The minimum Gasteiger partial charge on any atom is -0.310 e. The van der Waals surface area contributed by atoms with Crippen LogP contribution in [0.15, 0.2) is 59.5 Å². The maximum atomic E-state index is 12.3. The molecule has 0 saturated heterocycles. The van der Waals surface area contributed by atoms with E-state index in [1.165, 1.54) is 4.52 Å². The summed E-state index contributed by atoms with van der Waals surface area (Å²) in [7, 11) is 0. The summed E-state index contributed by atoms with van der Waals surface area (Å²) in [6.07, 6.45) is 2.29. The number of halogens is 1. The maximum absolute atomic E-state index is 12.3. The second-order valence-corrected chi connectivity index (χ2v) is 6.49. The molecule has 0 saturated carbocycles. The molecule has 3 aromatic heterocycles. The fraction of sp³-hybridized carbons (Fsp3) is 0.158. The zero-order valence-corrected chi connectivity index (χ0v) is 14.9. The summed E-state index contributed by atoms with van der Waals surface area (Å²) in [5.74, 6) is 1.14. The molecule has 6 nitrogen and oxygen atoms in total. The third kappa shape index (κ3) is 3.23. The molecule has 1 aromatic carbocycles. The van der Waals surface area contributed by atoms with Crippen molar-refractivity contribution in [1.82, 2.24) is 24.1 Å². The molecule has 0 bridgehead atoms. The second kappa shape index (κ2) is 6.72. The first-order valence-corrected chi connectivity index (χ1v) is 8.58. The van der Waals surface area contributed by atoms with E-state index in [1.54, 1.807) is 18.3 Å². The van der Waals surface area contributed by atoms with Crippen molar-refractivity contribution >= 4 is 17.4 Å². The Morgan fingerprint density at radius 3 is 2.62 bits per heavy atom. The van der Waals surface area contributed by atoms with E-state index in [0.717, 1.165) is 16.8 Å². The number of fused-ring (bicyclic) bond motifs is 1. The zero-order chi connectivity index (χ0) is 18.1. The molecular weight excluding hydrogens is 350 g/mol. The highest BCUT2D eigenvalue weighted by Gasteiger charge is 2.13. The van der Waals surface area contributed by atoms with Crippen LogP contribution in [0.1, 0.15) is 22.6 Å². The van der Waals surface area contributed by atoms with Crippen LogP contribution in [-0.2, 0) is 13.0 Å². The van der Waals surface area contributed by atoms with Crippen LogP contribution < -0.4 is 5.56 Å². The van der Waals surface area contributed by atoms with E-state index in [2.05, 4.69) is 15.1 Å². The van der Waals surface area contributed by atoms with Gasteiger partial charge in [-0.15, -0.1) is 5.10 Å². The molecule has 0 aliphatic carbocycles. The number of nitrogens with zero attached hydrogens (tertiary/aromatic N) is 5. The molecule has 4 rings (SSSR count). The van der Waals surface area contributed by atoms with Gasteiger partial charge in [-0.05, 0) is 24.1 Å². The SMILES string of the molecule is Cc1cc(=O)n2nc(Cc3ccccc3)nc2n1Cc1ccc(Cl)nc1. The lowest BCUT2D eigenvalue weighted by atomic mass is 10.1. The highest BCUT2D eigenvalue weighted by atomic mass is 35.5. The van der Waals surface area contributed by atoms with Gasteiger partial charge in [-0.3, -0.25) is 4.79 Å². The average molecular weight is 366 g/mol. The van der Waals surface area contributed by atoms with Crippen LogP contribution in [0.3, 0.4) is 0 Å². The van der Waals surface area contributed by atoms with Crippen molar-refractivity contribution in [2.75, 3.05) is 0 Å². The van der Waals surface area contributed by atoms with Crippen molar-refractivity contribution in [2.24, 2.45) is 0 Å². The first-order valence-electron chi connectivity index (χ1n) is 8.20. The highest BCUT2D eigenvalue weighted by molar-refractivity contribution is 6.29. The van der Waals surface area contributed by atoms with Crippen molar-refractivity contribution in [1.29, 1.82) is 0 Å². The van der Waals surface area contributed by atoms with E-state index >= 15 is 0 Å². The number of hydrogen-bond donors (Lipinski definition) is 0. The smallest absolute Gasteiger partial charge is 0.275 e. The van der Waals surface area contributed by atoms with Gasteiger partial charge >= 0.3 is 0 Å². The topological polar surface area (TPSA) is 65.1 Å². The second-order valence-electron chi connectivity index (χ2n) is 6.10. The molecule has 0 radical (unpaired) electrons. The minimum absolute atomic E-state index is 0.185. The van der Waals surface area contributed by atoms with Gasteiger partial charge in [0.15, 0.2) is 5.82 Å². The molecule has 0 spiro atoms. The number of rotatable bonds is 4. The number of hydrogen-bond acceptors (Lipinski definition) is 4. The first kappa shape index (κ1) is 16.5. The molecule has 0 amide bonds. The molecule has 0 atom stereocenters. The minimum atomic E-state index is -0.185. The van der Waals surface area contributed by atoms with Crippen molar-refractivity contribution in [2.45, 2.75) is 19.9 Å². The number of benzene rings is 1.